The van der Waals surface area contributed by atoms with Crippen LogP contribution in [0.4, 0.5) is 5.69 Å². The minimum absolute atomic E-state index is 0.0205. The van der Waals surface area contributed by atoms with E-state index in [1.807, 2.05) is 18.7 Å². The molecule has 7 nitrogen and oxygen atoms in total. The van der Waals surface area contributed by atoms with Gasteiger partial charge in [0.25, 0.3) is 5.91 Å². The maximum absolute atomic E-state index is 12.1. The van der Waals surface area contributed by atoms with Crippen molar-refractivity contribution in [3.8, 4) is 0 Å². The molecule has 1 aliphatic rings. The zero-order chi connectivity index (χ0) is 17.7. The highest BCUT2D eigenvalue weighted by Crippen LogP contribution is 2.27. The second-order valence-corrected chi connectivity index (χ2v) is 6.30. The van der Waals surface area contributed by atoms with Gasteiger partial charge in [-0.3, -0.25) is 9.59 Å². The number of amides is 2. The average Bonchev–Trinajstić information content (AvgIpc) is 2.89. The molecular weight excluding hydrogens is 330 g/mol. The van der Waals surface area contributed by atoms with Gasteiger partial charge in [0.2, 0.25) is 5.91 Å². The molecule has 0 fully saturated rings. The third-order valence-corrected chi connectivity index (χ3v) is 4.73. The zero-order valence-electron chi connectivity index (χ0n) is 13.4. The van der Waals surface area contributed by atoms with Gasteiger partial charge in [0.05, 0.1) is 5.97 Å². The lowest BCUT2D eigenvalue weighted by Gasteiger charge is -2.19. The van der Waals surface area contributed by atoms with Crippen molar-refractivity contribution in [3.63, 3.8) is 0 Å². The molecule has 0 radical (unpaired) electrons. The average molecular weight is 348 g/mol. The van der Waals surface area contributed by atoms with Crippen molar-refractivity contribution in [2.75, 3.05) is 18.4 Å². The monoisotopic (exact) mass is 348 g/mol. The molecule has 128 valence electrons. The van der Waals surface area contributed by atoms with E-state index >= 15 is 0 Å². The topological polar surface area (TPSA) is 102 Å². The standard InChI is InChI=1S/C16H19N3O4S/c1-3-19(4-2)16-18-14(21)12(24-16)9-13(20)17-11-7-5-6-10(8-11)15(22)23/h5-8,12H,3-4,9H2,1-2H3,(H,17,20)(H,22,23)/p-1/t12-/m0/s1. The van der Waals surface area contributed by atoms with Crippen molar-refractivity contribution >= 4 is 40.4 Å². The number of nitrogens with one attached hydrogen (secondary N) is 1. The molecular formula is C16H18N3O4S-. The predicted molar refractivity (Wildman–Crippen MR) is 90.8 cm³/mol. The van der Waals surface area contributed by atoms with Gasteiger partial charge in [-0.15, -0.1) is 0 Å². The minimum atomic E-state index is -1.31. The molecule has 1 heterocycles. The first-order chi connectivity index (χ1) is 11.4. The van der Waals surface area contributed by atoms with Crippen LogP contribution in [0.25, 0.3) is 0 Å². The summed E-state index contributed by atoms with van der Waals surface area (Å²) in [5.74, 6) is -2.00. The quantitative estimate of drug-likeness (QED) is 0.813. The van der Waals surface area contributed by atoms with E-state index in [1.54, 1.807) is 6.07 Å². The first kappa shape index (κ1) is 18.0. The van der Waals surface area contributed by atoms with Crippen LogP contribution >= 0.6 is 11.8 Å². The number of benzene rings is 1. The van der Waals surface area contributed by atoms with Crippen LogP contribution in [0.15, 0.2) is 29.3 Å². The largest absolute Gasteiger partial charge is 0.545 e. The third kappa shape index (κ3) is 4.35. The van der Waals surface area contributed by atoms with E-state index in [4.69, 9.17) is 0 Å². The molecule has 0 saturated heterocycles. The Bertz CT molecular complexity index is 686. The summed E-state index contributed by atoms with van der Waals surface area (Å²) in [6.45, 7) is 5.43. The fourth-order valence-corrected chi connectivity index (χ4v) is 3.44. The molecule has 1 aliphatic heterocycles. The Labute approximate surface area is 144 Å². The smallest absolute Gasteiger partial charge is 0.262 e. The second kappa shape index (κ2) is 7.96. The highest BCUT2D eigenvalue weighted by atomic mass is 32.2. The molecule has 24 heavy (non-hydrogen) atoms. The molecule has 0 bridgehead atoms. The Morgan fingerprint density at radius 2 is 2.04 bits per heavy atom. The number of anilines is 1. The summed E-state index contributed by atoms with van der Waals surface area (Å²) >= 11 is 1.28. The third-order valence-electron chi connectivity index (χ3n) is 3.52. The van der Waals surface area contributed by atoms with E-state index in [0.717, 1.165) is 13.1 Å². The van der Waals surface area contributed by atoms with Gasteiger partial charge in [0.15, 0.2) is 5.17 Å². The fraction of sp³-hybridized carbons (Fsp3) is 0.375. The van der Waals surface area contributed by atoms with Gasteiger partial charge in [0.1, 0.15) is 5.25 Å². The van der Waals surface area contributed by atoms with Crippen LogP contribution in [0.2, 0.25) is 0 Å². The molecule has 1 N–H and O–H groups in total. The normalized spacial score (nSPS) is 16.7. The van der Waals surface area contributed by atoms with Gasteiger partial charge in [-0.2, -0.15) is 4.99 Å². The summed E-state index contributed by atoms with van der Waals surface area (Å²) < 4.78 is 0. The fourth-order valence-electron chi connectivity index (χ4n) is 2.24. The van der Waals surface area contributed by atoms with E-state index in [2.05, 4.69) is 10.3 Å². The summed E-state index contributed by atoms with van der Waals surface area (Å²) in [5, 5.41) is 13.5. The van der Waals surface area contributed by atoms with E-state index < -0.39 is 11.2 Å². The number of carboxylic acid groups (broad SMARTS) is 1. The number of carboxylic acids is 1. The molecule has 1 atom stereocenters. The summed E-state index contributed by atoms with van der Waals surface area (Å²) in [6.07, 6.45) is -0.0205. The predicted octanol–water partition coefficient (Wildman–Crippen LogP) is 0.718. The first-order valence-electron chi connectivity index (χ1n) is 7.60. The van der Waals surface area contributed by atoms with E-state index in [0.29, 0.717) is 10.9 Å². The number of aliphatic imine (C=N–C) groups is 1. The van der Waals surface area contributed by atoms with Crippen molar-refractivity contribution in [1.29, 1.82) is 0 Å². The number of carbonyl (C=O) groups is 3. The highest BCUT2D eigenvalue weighted by Gasteiger charge is 2.32. The lowest BCUT2D eigenvalue weighted by molar-refractivity contribution is -0.255. The molecule has 0 unspecified atom stereocenters. The zero-order valence-corrected chi connectivity index (χ0v) is 14.3. The van der Waals surface area contributed by atoms with Crippen LogP contribution in [-0.4, -0.2) is 46.2 Å². The van der Waals surface area contributed by atoms with Gasteiger partial charge in [-0.25, -0.2) is 0 Å². The lowest BCUT2D eigenvalue weighted by Crippen LogP contribution is -2.28. The van der Waals surface area contributed by atoms with Gasteiger partial charge < -0.3 is 20.1 Å². The summed E-state index contributed by atoms with van der Waals surface area (Å²) in [6, 6.07) is 5.78. The lowest BCUT2D eigenvalue weighted by atomic mass is 10.2. The Morgan fingerprint density at radius 3 is 2.67 bits per heavy atom. The number of carbonyl (C=O) groups excluding carboxylic acids is 3. The van der Waals surface area contributed by atoms with Crippen molar-refractivity contribution in [3.05, 3.63) is 29.8 Å². The molecule has 0 spiro atoms. The van der Waals surface area contributed by atoms with Crippen molar-refractivity contribution < 1.29 is 19.5 Å². The maximum Gasteiger partial charge on any atom is 0.262 e. The van der Waals surface area contributed by atoms with Crippen LogP contribution in [0.5, 0.6) is 0 Å². The molecule has 2 rings (SSSR count). The van der Waals surface area contributed by atoms with Crippen LogP contribution in [0.1, 0.15) is 30.6 Å². The Hall–Kier alpha value is -2.35. The van der Waals surface area contributed by atoms with Crippen molar-refractivity contribution in [1.82, 2.24) is 4.90 Å². The molecule has 1 aromatic rings. The number of hydrogen-bond donors (Lipinski definition) is 1. The molecule has 8 heteroatoms. The van der Waals surface area contributed by atoms with Gasteiger partial charge in [-0.1, -0.05) is 23.9 Å². The molecule has 1 aromatic carbocycles. The number of amidine groups is 1. The number of nitrogens with zero attached hydrogens (tertiary/aromatic N) is 2. The summed E-state index contributed by atoms with van der Waals surface area (Å²) in [4.78, 5) is 40.9. The molecule has 0 saturated carbocycles. The number of rotatable bonds is 6. The van der Waals surface area contributed by atoms with Crippen LogP contribution < -0.4 is 10.4 Å². The number of thioether (sulfide) groups is 1. The van der Waals surface area contributed by atoms with Crippen LogP contribution in [0.3, 0.4) is 0 Å². The molecule has 2 amide bonds. The van der Waals surface area contributed by atoms with Crippen LogP contribution in [-0.2, 0) is 9.59 Å². The van der Waals surface area contributed by atoms with E-state index in [-0.39, 0.29) is 23.8 Å². The van der Waals surface area contributed by atoms with E-state index in [9.17, 15) is 19.5 Å². The second-order valence-electron chi connectivity index (χ2n) is 5.13. The van der Waals surface area contributed by atoms with E-state index in [1.165, 1.54) is 30.0 Å². The SMILES string of the molecule is CCN(CC)C1=NC(=O)[C@H](CC(=O)Nc2cccc(C(=O)[O-])c2)S1. The maximum atomic E-state index is 12.1. The highest BCUT2D eigenvalue weighted by molar-refractivity contribution is 8.15. The first-order valence-corrected chi connectivity index (χ1v) is 8.48. The Balaban J connectivity index is 1.95. The van der Waals surface area contributed by atoms with Gasteiger partial charge in [-0.05, 0) is 31.5 Å². The number of hydrogen-bond acceptors (Lipinski definition) is 6. The van der Waals surface area contributed by atoms with Crippen molar-refractivity contribution in [2.24, 2.45) is 4.99 Å². The van der Waals surface area contributed by atoms with Gasteiger partial charge in [0, 0.05) is 25.2 Å². The van der Waals surface area contributed by atoms with Crippen LogP contribution in [0, 0.1) is 0 Å². The van der Waals surface area contributed by atoms with Gasteiger partial charge >= 0.3 is 0 Å². The molecule has 0 aliphatic carbocycles. The Kier molecular flexibility index (Phi) is 5.97. The number of aromatic carboxylic acids is 1. The minimum Gasteiger partial charge on any atom is -0.545 e. The molecule has 0 aromatic heterocycles. The summed E-state index contributed by atoms with van der Waals surface area (Å²) in [5.41, 5.74) is 0.327. The van der Waals surface area contributed by atoms with Crippen molar-refractivity contribution in [2.45, 2.75) is 25.5 Å². The summed E-state index contributed by atoms with van der Waals surface area (Å²) in [7, 11) is 0. The Morgan fingerprint density at radius 1 is 1.33 bits per heavy atom.